The number of aromatic nitrogens is 3. The first-order chi connectivity index (χ1) is 13.2. The van der Waals surface area contributed by atoms with Gasteiger partial charge in [0.15, 0.2) is 0 Å². The third-order valence-electron chi connectivity index (χ3n) is 5.41. The molecule has 0 aliphatic heterocycles. The van der Waals surface area contributed by atoms with Crippen LogP contribution in [0.3, 0.4) is 0 Å². The summed E-state index contributed by atoms with van der Waals surface area (Å²) in [5, 5.41) is 12.3. The van der Waals surface area contributed by atoms with Crippen LogP contribution in [0.2, 0.25) is 0 Å². The molecule has 27 heavy (non-hydrogen) atoms. The van der Waals surface area contributed by atoms with Crippen LogP contribution >= 0.6 is 0 Å². The Bertz CT molecular complexity index is 887. The predicted molar refractivity (Wildman–Crippen MR) is 108 cm³/mol. The summed E-state index contributed by atoms with van der Waals surface area (Å²) in [5.41, 5.74) is 4.31. The van der Waals surface area contributed by atoms with E-state index in [2.05, 4.69) is 46.8 Å². The van der Waals surface area contributed by atoms with Crippen molar-refractivity contribution in [1.82, 2.24) is 15.0 Å². The van der Waals surface area contributed by atoms with E-state index in [9.17, 15) is 0 Å². The molecule has 1 saturated carbocycles. The third-order valence-corrected chi connectivity index (χ3v) is 5.41. The number of hydrogen-bond acceptors (Lipinski definition) is 4. The molecule has 140 valence electrons. The van der Waals surface area contributed by atoms with E-state index in [1.165, 1.54) is 19.3 Å². The molecule has 2 aromatic carbocycles. The maximum absolute atomic E-state index is 5.21. The van der Waals surface area contributed by atoms with Crippen LogP contribution in [-0.2, 0) is 6.54 Å². The second-order valence-electron chi connectivity index (χ2n) is 7.39. The quantitative estimate of drug-likeness (QED) is 0.696. The van der Waals surface area contributed by atoms with Gasteiger partial charge in [-0.05, 0) is 48.6 Å². The average molecular weight is 362 g/mol. The zero-order chi connectivity index (χ0) is 18.6. The van der Waals surface area contributed by atoms with Gasteiger partial charge in [0, 0.05) is 17.3 Å². The number of anilines is 1. The molecule has 1 N–H and O–H groups in total. The monoisotopic (exact) mass is 362 g/mol. The Balaban J connectivity index is 1.46. The molecule has 0 spiro atoms. The zero-order valence-electron chi connectivity index (χ0n) is 15.9. The van der Waals surface area contributed by atoms with Crippen LogP contribution in [0.5, 0.6) is 5.75 Å². The van der Waals surface area contributed by atoms with Crippen LogP contribution < -0.4 is 10.1 Å². The molecule has 2 atom stereocenters. The smallest absolute Gasteiger partial charge is 0.118 e. The van der Waals surface area contributed by atoms with Crippen LogP contribution in [0.1, 0.15) is 31.7 Å². The average Bonchev–Trinajstić information content (AvgIpc) is 3.32. The van der Waals surface area contributed by atoms with Crippen LogP contribution in [0.4, 0.5) is 5.69 Å². The highest BCUT2D eigenvalue weighted by Gasteiger charge is 2.22. The van der Waals surface area contributed by atoms with Gasteiger partial charge in [-0.2, -0.15) is 0 Å². The fourth-order valence-electron chi connectivity index (χ4n) is 3.77. The molecule has 5 heteroatoms. The Morgan fingerprint density at radius 2 is 2.00 bits per heavy atom. The number of rotatable bonds is 6. The molecule has 4 rings (SSSR count). The maximum atomic E-state index is 5.21. The Kier molecular flexibility index (Phi) is 5.10. The molecule has 0 amide bonds. The minimum Gasteiger partial charge on any atom is -0.497 e. The van der Waals surface area contributed by atoms with Gasteiger partial charge in [-0.15, -0.1) is 5.10 Å². The molecule has 1 aliphatic rings. The van der Waals surface area contributed by atoms with Gasteiger partial charge >= 0.3 is 0 Å². The van der Waals surface area contributed by atoms with Crippen molar-refractivity contribution in [1.29, 1.82) is 0 Å². The second-order valence-corrected chi connectivity index (χ2v) is 7.39. The first-order valence-electron chi connectivity index (χ1n) is 9.61. The molecule has 0 saturated heterocycles. The number of methoxy groups -OCH3 is 1. The molecular formula is C22H26N4O. The van der Waals surface area contributed by atoms with Gasteiger partial charge in [-0.25, -0.2) is 4.68 Å². The topological polar surface area (TPSA) is 52.0 Å². The van der Waals surface area contributed by atoms with E-state index in [0.29, 0.717) is 12.6 Å². The van der Waals surface area contributed by atoms with Crippen LogP contribution in [0, 0.1) is 5.92 Å². The van der Waals surface area contributed by atoms with Crippen molar-refractivity contribution in [2.45, 2.75) is 38.8 Å². The molecule has 5 nitrogen and oxygen atoms in total. The Morgan fingerprint density at radius 1 is 1.15 bits per heavy atom. The van der Waals surface area contributed by atoms with Crippen LogP contribution in [0.25, 0.3) is 11.3 Å². The second kappa shape index (κ2) is 7.82. The Hall–Kier alpha value is -2.82. The zero-order valence-corrected chi connectivity index (χ0v) is 15.9. The van der Waals surface area contributed by atoms with Crippen LogP contribution in [0.15, 0.2) is 54.7 Å². The van der Waals surface area contributed by atoms with Crippen molar-refractivity contribution in [3.05, 3.63) is 60.3 Å². The number of nitrogens with one attached hydrogen (secondary N) is 1. The van der Waals surface area contributed by atoms with Gasteiger partial charge in [0.1, 0.15) is 11.4 Å². The van der Waals surface area contributed by atoms with Gasteiger partial charge in [0.05, 0.1) is 19.9 Å². The standard InChI is InChI=1S/C22H26N4O/c1-16-5-3-8-21(16)23-19-7-4-6-18(13-19)22-15-26(25-24-22)14-17-9-11-20(27-2)12-10-17/h4,6-7,9-13,15-16,21,23H,3,5,8,14H2,1-2H3. The maximum Gasteiger partial charge on any atom is 0.118 e. The lowest BCUT2D eigenvalue weighted by molar-refractivity contribution is 0.414. The van der Waals surface area contributed by atoms with Crippen molar-refractivity contribution in [2.24, 2.45) is 5.92 Å². The van der Waals surface area contributed by atoms with E-state index >= 15 is 0 Å². The summed E-state index contributed by atoms with van der Waals surface area (Å²) in [7, 11) is 1.68. The number of benzene rings is 2. The minimum absolute atomic E-state index is 0.575. The van der Waals surface area contributed by atoms with Crippen molar-refractivity contribution in [3.63, 3.8) is 0 Å². The highest BCUT2D eigenvalue weighted by molar-refractivity contribution is 5.64. The summed E-state index contributed by atoms with van der Waals surface area (Å²) in [6.07, 6.45) is 5.89. The highest BCUT2D eigenvalue weighted by atomic mass is 16.5. The van der Waals surface area contributed by atoms with Gasteiger partial charge in [0.2, 0.25) is 0 Å². The van der Waals surface area contributed by atoms with Crippen LogP contribution in [-0.4, -0.2) is 28.1 Å². The van der Waals surface area contributed by atoms with Crippen molar-refractivity contribution in [2.75, 3.05) is 12.4 Å². The summed E-state index contributed by atoms with van der Waals surface area (Å²) in [4.78, 5) is 0. The summed E-state index contributed by atoms with van der Waals surface area (Å²) < 4.78 is 7.08. The van der Waals surface area contributed by atoms with Crippen molar-refractivity contribution < 1.29 is 4.74 Å². The molecule has 2 unspecified atom stereocenters. The van der Waals surface area contributed by atoms with E-state index in [-0.39, 0.29) is 0 Å². The normalized spacial score (nSPS) is 19.2. The summed E-state index contributed by atoms with van der Waals surface area (Å²) >= 11 is 0. The van der Waals surface area contributed by atoms with Gasteiger partial charge in [0.25, 0.3) is 0 Å². The predicted octanol–water partition coefficient (Wildman–Crippen LogP) is 4.60. The molecule has 3 aromatic rings. The number of ether oxygens (including phenoxy) is 1. The van der Waals surface area contributed by atoms with Crippen molar-refractivity contribution >= 4 is 5.69 Å². The first kappa shape index (κ1) is 17.6. The fourth-order valence-corrected chi connectivity index (χ4v) is 3.77. The fraction of sp³-hybridized carbons (Fsp3) is 0.364. The molecular weight excluding hydrogens is 336 g/mol. The molecule has 1 aromatic heterocycles. The SMILES string of the molecule is COc1ccc(Cn2cc(-c3cccc(NC4CCCC4C)c3)nn2)cc1. The first-order valence-corrected chi connectivity index (χ1v) is 9.61. The van der Waals surface area contributed by atoms with Gasteiger partial charge in [-0.3, -0.25) is 0 Å². The van der Waals surface area contributed by atoms with E-state index in [0.717, 1.165) is 34.2 Å². The summed E-state index contributed by atoms with van der Waals surface area (Å²) in [6, 6.07) is 17.1. The highest BCUT2D eigenvalue weighted by Crippen LogP contribution is 2.29. The summed E-state index contributed by atoms with van der Waals surface area (Å²) in [5.74, 6) is 1.60. The van der Waals surface area contributed by atoms with E-state index < -0.39 is 0 Å². The molecule has 1 aliphatic carbocycles. The van der Waals surface area contributed by atoms with E-state index in [1.54, 1.807) is 7.11 Å². The Morgan fingerprint density at radius 3 is 2.74 bits per heavy atom. The van der Waals surface area contributed by atoms with Gasteiger partial charge < -0.3 is 10.1 Å². The molecule has 0 radical (unpaired) electrons. The number of nitrogens with zero attached hydrogens (tertiary/aromatic N) is 3. The summed E-state index contributed by atoms with van der Waals surface area (Å²) in [6.45, 7) is 3.02. The Labute approximate surface area is 160 Å². The van der Waals surface area contributed by atoms with E-state index in [4.69, 9.17) is 4.74 Å². The molecule has 1 fully saturated rings. The largest absolute Gasteiger partial charge is 0.497 e. The lowest BCUT2D eigenvalue weighted by Gasteiger charge is -2.19. The number of hydrogen-bond donors (Lipinski definition) is 1. The molecule has 0 bridgehead atoms. The third kappa shape index (κ3) is 4.13. The lowest BCUT2D eigenvalue weighted by atomic mass is 10.1. The lowest BCUT2D eigenvalue weighted by Crippen LogP contribution is -2.21. The molecule has 1 heterocycles. The van der Waals surface area contributed by atoms with Gasteiger partial charge in [-0.1, -0.05) is 42.8 Å². The van der Waals surface area contributed by atoms with E-state index in [1.807, 2.05) is 35.1 Å². The minimum atomic E-state index is 0.575. The van der Waals surface area contributed by atoms with Crippen molar-refractivity contribution in [3.8, 4) is 17.0 Å².